The van der Waals surface area contributed by atoms with E-state index in [0.717, 1.165) is 46.6 Å². The number of rotatable bonds is 6. The molecule has 0 bridgehead atoms. The first-order chi connectivity index (χ1) is 14.2. The van der Waals surface area contributed by atoms with Crippen LogP contribution in [0.5, 0.6) is 0 Å². The van der Waals surface area contributed by atoms with Gasteiger partial charge in [0.1, 0.15) is 5.82 Å². The lowest BCUT2D eigenvalue weighted by atomic mass is 10.1. The average molecular weight is 382 g/mol. The summed E-state index contributed by atoms with van der Waals surface area (Å²) in [6.45, 7) is 0.783. The third kappa shape index (κ3) is 4.24. The first kappa shape index (κ1) is 18.6. The van der Waals surface area contributed by atoms with Gasteiger partial charge >= 0.3 is 0 Å². The monoisotopic (exact) mass is 382 g/mol. The van der Waals surface area contributed by atoms with Crippen LogP contribution in [0.2, 0.25) is 0 Å². The third-order valence-corrected chi connectivity index (χ3v) is 4.79. The van der Waals surface area contributed by atoms with E-state index in [1.54, 1.807) is 7.05 Å². The lowest BCUT2D eigenvalue weighted by molar-refractivity contribution is -0.115. The van der Waals surface area contributed by atoms with Crippen molar-refractivity contribution in [3.05, 3.63) is 90.3 Å². The number of para-hydroxylation sites is 2. The van der Waals surface area contributed by atoms with Crippen LogP contribution in [0.3, 0.4) is 0 Å². The van der Waals surface area contributed by atoms with Gasteiger partial charge in [0.2, 0.25) is 5.91 Å². The van der Waals surface area contributed by atoms with Crippen molar-refractivity contribution in [3.63, 3.8) is 0 Å². The first-order valence-electron chi connectivity index (χ1n) is 9.60. The van der Waals surface area contributed by atoms with Crippen LogP contribution in [-0.4, -0.2) is 27.5 Å². The molecule has 2 aromatic carbocycles. The lowest BCUT2D eigenvalue weighted by Crippen LogP contribution is -2.13. The van der Waals surface area contributed by atoms with Gasteiger partial charge in [-0.1, -0.05) is 36.4 Å². The summed E-state index contributed by atoms with van der Waals surface area (Å²) < 4.78 is 2.24. The molecule has 0 aliphatic carbocycles. The van der Waals surface area contributed by atoms with E-state index in [4.69, 9.17) is 4.98 Å². The molecule has 1 N–H and O–H groups in total. The van der Waals surface area contributed by atoms with Crippen molar-refractivity contribution < 1.29 is 4.79 Å². The Morgan fingerprint density at radius 2 is 1.93 bits per heavy atom. The highest BCUT2D eigenvalue weighted by Crippen LogP contribution is 2.26. The maximum atomic E-state index is 11.5. The Balaban J connectivity index is 1.72. The van der Waals surface area contributed by atoms with Crippen molar-refractivity contribution in [2.24, 2.45) is 0 Å². The van der Waals surface area contributed by atoms with Gasteiger partial charge in [-0.3, -0.25) is 9.78 Å². The summed E-state index contributed by atoms with van der Waals surface area (Å²) in [6, 6.07) is 22.2. The van der Waals surface area contributed by atoms with Crippen LogP contribution >= 0.6 is 0 Å². The van der Waals surface area contributed by atoms with Crippen LogP contribution in [0.25, 0.3) is 28.5 Å². The summed E-state index contributed by atoms with van der Waals surface area (Å²) in [5, 5.41) is 2.59. The van der Waals surface area contributed by atoms with Crippen LogP contribution < -0.4 is 5.32 Å². The number of nitrogens with one attached hydrogen (secondary N) is 1. The molecule has 0 radical (unpaired) electrons. The van der Waals surface area contributed by atoms with Crippen molar-refractivity contribution >= 4 is 23.0 Å². The Morgan fingerprint density at radius 1 is 1.07 bits per heavy atom. The summed E-state index contributed by atoms with van der Waals surface area (Å²) in [5.74, 6) is 0.787. The summed E-state index contributed by atoms with van der Waals surface area (Å²) in [7, 11) is 1.62. The number of hydrogen-bond donors (Lipinski definition) is 1. The quantitative estimate of drug-likeness (QED) is 0.511. The molecule has 1 amide bonds. The third-order valence-electron chi connectivity index (χ3n) is 4.79. The predicted molar refractivity (Wildman–Crippen MR) is 116 cm³/mol. The molecular formula is C24H22N4O. The number of likely N-dealkylation sites (N-methyl/N-ethyl adjacent to an activating group) is 1. The number of aromatic nitrogens is 3. The number of carbonyl (C=O) groups excluding carboxylic acids is 1. The zero-order valence-corrected chi connectivity index (χ0v) is 16.2. The van der Waals surface area contributed by atoms with Crippen molar-refractivity contribution in [1.29, 1.82) is 0 Å². The SMILES string of the molecule is CNC(=O)/C=C/c1cccc(-c2nc3ccccc3n2CCc2ccccn2)c1. The van der Waals surface area contributed by atoms with Gasteiger partial charge in [0, 0.05) is 43.5 Å². The minimum Gasteiger partial charge on any atom is -0.356 e. The van der Waals surface area contributed by atoms with E-state index < -0.39 is 0 Å². The van der Waals surface area contributed by atoms with Crippen molar-refractivity contribution in [2.75, 3.05) is 7.05 Å². The van der Waals surface area contributed by atoms with Crippen LogP contribution in [0.15, 0.2) is 79.0 Å². The number of pyridine rings is 1. The standard InChI is InChI=1S/C24H22N4O/c1-25-23(29)13-12-18-7-6-8-19(17-18)24-27-21-10-2-3-11-22(21)28(24)16-14-20-9-4-5-15-26-20/h2-13,15,17H,14,16H2,1H3,(H,25,29)/b13-12+. The number of benzene rings is 2. The average Bonchev–Trinajstić information content (AvgIpc) is 3.15. The molecule has 0 saturated heterocycles. The Kier molecular flexibility index (Phi) is 5.47. The second-order valence-corrected chi connectivity index (χ2v) is 6.72. The Morgan fingerprint density at radius 3 is 2.76 bits per heavy atom. The largest absolute Gasteiger partial charge is 0.356 e. The van der Waals surface area contributed by atoms with Gasteiger partial charge in [-0.25, -0.2) is 4.98 Å². The fraction of sp³-hybridized carbons (Fsp3) is 0.125. The van der Waals surface area contributed by atoms with Gasteiger partial charge in [-0.05, 0) is 42.0 Å². The van der Waals surface area contributed by atoms with E-state index in [0.29, 0.717) is 0 Å². The number of amides is 1. The highest BCUT2D eigenvalue weighted by Gasteiger charge is 2.13. The zero-order valence-electron chi connectivity index (χ0n) is 16.2. The molecule has 0 unspecified atom stereocenters. The molecule has 0 spiro atoms. The minimum atomic E-state index is -0.127. The number of carbonyl (C=O) groups is 1. The normalized spacial score (nSPS) is 11.2. The number of fused-ring (bicyclic) bond motifs is 1. The molecule has 0 aliphatic heterocycles. The summed E-state index contributed by atoms with van der Waals surface area (Å²) >= 11 is 0. The summed E-state index contributed by atoms with van der Waals surface area (Å²) in [4.78, 5) is 20.8. The second kappa shape index (κ2) is 8.52. The highest BCUT2D eigenvalue weighted by atomic mass is 16.1. The molecule has 144 valence electrons. The van der Waals surface area contributed by atoms with Gasteiger partial charge in [0.05, 0.1) is 11.0 Å². The van der Waals surface area contributed by atoms with E-state index in [9.17, 15) is 4.79 Å². The first-order valence-corrected chi connectivity index (χ1v) is 9.60. The fourth-order valence-corrected chi connectivity index (χ4v) is 3.33. The lowest BCUT2D eigenvalue weighted by Gasteiger charge is -2.10. The van der Waals surface area contributed by atoms with Crippen LogP contribution in [0, 0.1) is 0 Å². The second-order valence-electron chi connectivity index (χ2n) is 6.72. The van der Waals surface area contributed by atoms with Crippen LogP contribution in [0.4, 0.5) is 0 Å². The smallest absolute Gasteiger partial charge is 0.243 e. The maximum absolute atomic E-state index is 11.5. The summed E-state index contributed by atoms with van der Waals surface area (Å²) in [5.41, 5.74) is 5.09. The molecular weight excluding hydrogens is 360 g/mol. The maximum Gasteiger partial charge on any atom is 0.243 e. The molecule has 0 saturated carbocycles. The summed E-state index contributed by atoms with van der Waals surface area (Å²) in [6.07, 6.45) is 5.99. The molecule has 0 atom stereocenters. The van der Waals surface area contributed by atoms with Crippen LogP contribution in [0.1, 0.15) is 11.3 Å². The van der Waals surface area contributed by atoms with Gasteiger partial charge in [0.15, 0.2) is 0 Å². The molecule has 2 heterocycles. The van der Waals surface area contributed by atoms with Gasteiger partial charge in [0.25, 0.3) is 0 Å². The van der Waals surface area contributed by atoms with E-state index in [2.05, 4.69) is 33.1 Å². The topological polar surface area (TPSA) is 59.8 Å². The number of imidazole rings is 1. The molecule has 0 fully saturated rings. The van der Waals surface area contributed by atoms with E-state index >= 15 is 0 Å². The number of aryl methyl sites for hydroxylation is 2. The molecule has 0 aliphatic rings. The molecule has 5 heteroatoms. The van der Waals surface area contributed by atoms with E-state index in [1.807, 2.05) is 60.8 Å². The fourth-order valence-electron chi connectivity index (χ4n) is 3.33. The minimum absolute atomic E-state index is 0.127. The van der Waals surface area contributed by atoms with Gasteiger partial charge in [-0.15, -0.1) is 0 Å². The number of nitrogens with zero attached hydrogens (tertiary/aromatic N) is 3. The van der Waals surface area contributed by atoms with Gasteiger partial charge in [-0.2, -0.15) is 0 Å². The zero-order chi connectivity index (χ0) is 20.1. The molecule has 2 aromatic heterocycles. The highest BCUT2D eigenvalue weighted by molar-refractivity contribution is 5.91. The molecule has 5 nitrogen and oxygen atoms in total. The van der Waals surface area contributed by atoms with Gasteiger partial charge < -0.3 is 9.88 Å². The Hall–Kier alpha value is -3.73. The molecule has 4 rings (SSSR count). The van der Waals surface area contributed by atoms with E-state index in [-0.39, 0.29) is 5.91 Å². The van der Waals surface area contributed by atoms with Crippen LogP contribution in [-0.2, 0) is 17.8 Å². The van der Waals surface area contributed by atoms with Crippen molar-refractivity contribution in [2.45, 2.75) is 13.0 Å². The molecule has 29 heavy (non-hydrogen) atoms. The molecule has 4 aromatic rings. The Bertz CT molecular complexity index is 1160. The van der Waals surface area contributed by atoms with E-state index in [1.165, 1.54) is 6.08 Å². The predicted octanol–water partition coefficient (Wildman–Crippen LogP) is 4.10. The van der Waals surface area contributed by atoms with Crippen molar-refractivity contribution in [1.82, 2.24) is 19.9 Å². The number of hydrogen-bond acceptors (Lipinski definition) is 3. The van der Waals surface area contributed by atoms with Crippen molar-refractivity contribution in [3.8, 4) is 11.4 Å². The Labute approximate surface area is 169 Å².